The van der Waals surface area contributed by atoms with Crippen LogP contribution < -0.4 is 9.04 Å². The number of methoxy groups -OCH3 is 1. The number of halogens is 3. The van der Waals surface area contributed by atoms with E-state index in [0.29, 0.717) is 5.75 Å². The molecule has 0 saturated carbocycles. The number of hydrogen-bond acceptors (Lipinski definition) is 4. The highest BCUT2D eigenvalue weighted by atomic mass is 32.2. The van der Waals surface area contributed by atoms with Gasteiger partial charge in [0, 0.05) is 13.6 Å². The minimum atomic E-state index is -4.54. The summed E-state index contributed by atoms with van der Waals surface area (Å²) in [5, 5.41) is 0. The molecular weight excluding hydrogens is 409 g/mol. The van der Waals surface area contributed by atoms with E-state index in [4.69, 9.17) is 4.74 Å². The number of benzene rings is 2. The summed E-state index contributed by atoms with van der Waals surface area (Å²) < 4.78 is 68.3. The first-order chi connectivity index (χ1) is 13.4. The number of carbonyl (C=O) groups excluding carboxylic acids is 1. The number of carbonyl (C=O) groups is 1. The number of anilines is 1. The molecule has 0 aliphatic rings. The molecule has 2 rings (SSSR count). The van der Waals surface area contributed by atoms with Gasteiger partial charge in [0.1, 0.15) is 12.3 Å². The summed E-state index contributed by atoms with van der Waals surface area (Å²) in [7, 11) is -0.842. The Labute approximate surface area is 167 Å². The van der Waals surface area contributed by atoms with Gasteiger partial charge in [-0.15, -0.1) is 0 Å². The van der Waals surface area contributed by atoms with Gasteiger partial charge in [-0.1, -0.05) is 12.1 Å². The summed E-state index contributed by atoms with van der Waals surface area (Å²) in [5.74, 6) is 0.152. The second kappa shape index (κ2) is 8.73. The molecule has 0 radical (unpaired) electrons. The number of ether oxygens (including phenoxy) is 1. The zero-order chi connectivity index (χ0) is 21.8. The fraction of sp³-hybridized carbons (Fsp3) is 0.316. The Morgan fingerprint density at radius 2 is 1.59 bits per heavy atom. The fourth-order valence-corrected chi connectivity index (χ4v) is 3.40. The summed E-state index contributed by atoms with van der Waals surface area (Å²) in [6, 6.07) is 10.6. The Morgan fingerprint density at radius 1 is 1.03 bits per heavy atom. The molecule has 0 aliphatic carbocycles. The van der Waals surface area contributed by atoms with Gasteiger partial charge in [0.2, 0.25) is 15.9 Å². The SMILES string of the molecule is COc1ccc(CN(C)C(=O)CN(c2ccc(C(F)(F)F)cc2)S(C)(=O)=O)cc1. The molecule has 0 atom stereocenters. The van der Waals surface area contributed by atoms with Gasteiger partial charge >= 0.3 is 6.18 Å². The highest BCUT2D eigenvalue weighted by Gasteiger charge is 2.31. The van der Waals surface area contributed by atoms with E-state index in [9.17, 15) is 26.4 Å². The number of hydrogen-bond donors (Lipinski definition) is 0. The quantitative estimate of drug-likeness (QED) is 0.677. The lowest BCUT2D eigenvalue weighted by atomic mass is 10.2. The van der Waals surface area contributed by atoms with Gasteiger partial charge < -0.3 is 9.64 Å². The normalized spacial score (nSPS) is 11.8. The molecule has 0 bridgehead atoms. The second-order valence-corrected chi connectivity index (χ2v) is 8.32. The summed E-state index contributed by atoms with van der Waals surface area (Å²) >= 11 is 0. The van der Waals surface area contributed by atoms with Crippen molar-refractivity contribution in [2.45, 2.75) is 12.7 Å². The van der Waals surface area contributed by atoms with Crippen LogP contribution in [0.25, 0.3) is 0 Å². The van der Waals surface area contributed by atoms with Gasteiger partial charge in [-0.3, -0.25) is 9.10 Å². The van der Waals surface area contributed by atoms with Gasteiger partial charge in [0.15, 0.2) is 0 Å². The molecule has 2 aromatic carbocycles. The third kappa shape index (κ3) is 6.11. The Balaban J connectivity index is 2.15. The first-order valence-electron chi connectivity index (χ1n) is 8.43. The molecule has 1 amide bonds. The third-order valence-electron chi connectivity index (χ3n) is 4.17. The van der Waals surface area contributed by atoms with Crippen LogP contribution in [0.4, 0.5) is 18.9 Å². The van der Waals surface area contributed by atoms with Crippen LogP contribution in [0.2, 0.25) is 0 Å². The Kier molecular flexibility index (Phi) is 6.78. The maximum Gasteiger partial charge on any atom is 0.416 e. The lowest BCUT2D eigenvalue weighted by molar-refractivity contribution is -0.137. The van der Waals surface area contributed by atoms with Gasteiger partial charge in [0.05, 0.1) is 24.6 Å². The van der Waals surface area contributed by atoms with Crippen LogP contribution in [-0.4, -0.2) is 46.2 Å². The fourth-order valence-electron chi connectivity index (χ4n) is 2.55. The van der Waals surface area contributed by atoms with E-state index in [1.165, 1.54) is 19.1 Å². The van der Waals surface area contributed by atoms with Crippen molar-refractivity contribution in [1.29, 1.82) is 0 Å². The Bertz CT molecular complexity index is 943. The zero-order valence-electron chi connectivity index (χ0n) is 16.1. The first-order valence-corrected chi connectivity index (χ1v) is 10.3. The van der Waals surface area contributed by atoms with Crippen molar-refractivity contribution in [3.63, 3.8) is 0 Å². The van der Waals surface area contributed by atoms with Crippen molar-refractivity contribution in [3.8, 4) is 5.75 Å². The van der Waals surface area contributed by atoms with Crippen molar-refractivity contribution < 1.29 is 31.1 Å². The van der Waals surface area contributed by atoms with Crippen LogP contribution >= 0.6 is 0 Å². The van der Waals surface area contributed by atoms with E-state index in [0.717, 1.165) is 40.4 Å². The van der Waals surface area contributed by atoms with Crippen molar-refractivity contribution in [2.75, 3.05) is 31.3 Å². The average molecular weight is 430 g/mol. The van der Waals surface area contributed by atoms with Crippen molar-refractivity contribution in [3.05, 3.63) is 59.7 Å². The van der Waals surface area contributed by atoms with E-state index >= 15 is 0 Å². The molecule has 0 unspecified atom stereocenters. The van der Waals surface area contributed by atoms with E-state index in [-0.39, 0.29) is 12.2 Å². The molecular formula is C19H21F3N2O4S. The van der Waals surface area contributed by atoms with Gasteiger partial charge in [-0.25, -0.2) is 8.42 Å². The Hall–Kier alpha value is -2.75. The summed E-state index contributed by atoms with van der Waals surface area (Å²) in [5.41, 5.74) is -0.119. The molecule has 29 heavy (non-hydrogen) atoms. The van der Waals surface area contributed by atoms with Crippen LogP contribution in [0, 0.1) is 0 Å². The average Bonchev–Trinajstić information content (AvgIpc) is 2.65. The van der Waals surface area contributed by atoms with E-state index in [1.807, 2.05) is 0 Å². The molecule has 10 heteroatoms. The zero-order valence-corrected chi connectivity index (χ0v) is 16.9. The minimum absolute atomic E-state index is 0.0216. The predicted molar refractivity (Wildman–Crippen MR) is 103 cm³/mol. The molecule has 0 aromatic heterocycles. The Morgan fingerprint density at radius 3 is 2.03 bits per heavy atom. The van der Waals surface area contributed by atoms with Crippen molar-refractivity contribution >= 4 is 21.6 Å². The molecule has 0 fully saturated rings. The van der Waals surface area contributed by atoms with Crippen LogP contribution in [0.15, 0.2) is 48.5 Å². The first kappa shape index (κ1) is 22.5. The molecule has 6 nitrogen and oxygen atoms in total. The highest BCUT2D eigenvalue weighted by Crippen LogP contribution is 2.31. The van der Waals surface area contributed by atoms with Gasteiger partial charge in [-0.05, 0) is 42.0 Å². The minimum Gasteiger partial charge on any atom is -0.497 e. The number of amides is 1. The molecule has 0 saturated heterocycles. The maximum atomic E-state index is 12.7. The molecule has 158 valence electrons. The molecule has 0 spiro atoms. The number of likely N-dealkylation sites (N-methyl/N-ethyl adjacent to an activating group) is 1. The summed E-state index contributed by atoms with van der Waals surface area (Å²) in [6.07, 6.45) is -3.65. The molecule has 0 aliphatic heterocycles. The highest BCUT2D eigenvalue weighted by molar-refractivity contribution is 7.92. The topological polar surface area (TPSA) is 66.9 Å². The molecule has 0 heterocycles. The largest absolute Gasteiger partial charge is 0.497 e. The van der Waals surface area contributed by atoms with Crippen LogP contribution in [-0.2, 0) is 27.5 Å². The number of rotatable bonds is 7. The van der Waals surface area contributed by atoms with Crippen LogP contribution in [0.1, 0.15) is 11.1 Å². The van der Waals surface area contributed by atoms with E-state index < -0.39 is 34.2 Å². The van der Waals surface area contributed by atoms with Crippen molar-refractivity contribution in [2.24, 2.45) is 0 Å². The van der Waals surface area contributed by atoms with E-state index in [1.54, 1.807) is 24.3 Å². The monoisotopic (exact) mass is 430 g/mol. The van der Waals surface area contributed by atoms with E-state index in [2.05, 4.69) is 0 Å². The number of nitrogens with zero attached hydrogens (tertiary/aromatic N) is 2. The lowest BCUT2D eigenvalue weighted by Crippen LogP contribution is -2.41. The third-order valence-corrected chi connectivity index (χ3v) is 5.31. The lowest BCUT2D eigenvalue weighted by Gasteiger charge is -2.25. The number of alkyl halides is 3. The van der Waals surface area contributed by atoms with Crippen molar-refractivity contribution in [1.82, 2.24) is 4.90 Å². The standard InChI is InChI=1S/C19H21F3N2O4S/c1-23(12-14-4-10-17(28-2)11-5-14)18(25)13-24(29(3,26)27)16-8-6-15(7-9-16)19(20,21)22/h4-11H,12-13H2,1-3H3. The van der Waals surface area contributed by atoms with Gasteiger partial charge in [0.25, 0.3) is 0 Å². The van der Waals surface area contributed by atoms with Gasteiger partial charge in [-0.2, -0.15) is 13.2 Å². The molecule has 2 aromatic rings. The number of sulfonamides is 1. The maximum absolute atomic E-state index is 12.7. The predicted octanol–water partition coefficient (Wildman–Crippen LogP) is 3.14. The summed E-state index contributed by atoms with van der Waals surface area (Å²) in [6.45, 7) is -0.301. The second-order valence-electron chi connectivity index (χ2n) is 6.41. The smallest absolute Gasteiger partial charge is 0.416 e. The summed E-state index contributed by atoms with van der Waals surface area (Å²) in [4.78, 5) is 13.9. The van der Waals surface area contributed by atoms with Crippen LogP contribution in [0.3, 0.4) is 0 Å². The van der Waals surface area contributed by atoms with Crippen LogP contribution in [0.5, 0.6) is 5.75 Å². The molecule has 0 N–H and O–H groups in total.